The minimum Gasteiger partial charge on any atom is -0.340 e. The van der Waals surface area contributed by atoms with Crippen molar-refractivity contribution in [1.82, 2.24) is 14.7 Å². The van der Waals surface area contributed by atoms with Crippen LogP contribution in [0.5, 0.6) is 0 Å². The molecule has 2 aliphatic heterocycles. The molecule has 2 saturated heterocycles. The lowest BCUT2D eigenvalue weighted by Crippen LogP contribution is -2.50. The van der Waals surface area contributed by atoms with Gasteiger partial charge in [0, 0.05) is 44.1 Å². The van der Waals surface area contributed by atoms with Crippen LogP contribution in [0.15, 0.2) is 30.3 Å². The Hall–Kier alpha value is -1.39. The van der Waals surface area contributed by atoms with Gasteiger partial charge in [0.25, 0.3) is 0 Å². The van der Waals surface area contributed by atoms with E-state index < -0.39 is 0 Å². The van der Waals surface area contributed by atoms with E-state index in [0.29, 0.717) is 24.3 Å². The molecule has 0 aromatic heterocycles. The van der Waals surface area contributed by atoms with Gasteiger partial charge in [-0.05, 0) is 45.0 Å². The fourth-order valence-electron chi connectivity index (χ4n) is 4.87. The van der Waals surface area contributed by atoms with Crippen molar-refractivity contribution < 1.29 is 4.79 Å². The topological polar surface area (TPSA) is 26.8 Å². The molecule has 1 aromatic rings. The number of carbonyl (C=O) groups is 1. The van der Waals surface area contributed by atoms with Crippen LogP contribution in [0.4, 0.5) is 0 Å². The van der Waals surface area contributed by atoms with Crippen LogP contribution in [0, 0.1) is 5.92 Å². The van der Waals surface area contributed by atoms with Crippen LogP contribution < -0.4 is 0 Å². The summed E-state index contributed by atoms with van der Waals surface area (Å²) in [6.07, 6.45) is 2.82. The molecule has 4 nitrogen and oxygen atoms in total. The van der Waals surface area contributed by atoms with Crippen LogP contribution in [0.3, 0.4) is 0 Å². The Morgan fingerprint density at radius 3 is 2.58 bits per heavy atom. The first-order valence-electron chi connectivity index (χ1n) is 10.1. The molecule has 0 unspecified atom stereocenters. The third-order valence-electron chi connectivity index (χ3n) is 6.22. The van der Waals surface area contributed by atoms with Gasteiger partial charge in [0.05, 0.1) is 0 Å². The molecule has 1 amide bonds. The van der Waals surface area contributed by atoms with Crippen LogP contribution in [-0.2, 0) is 10.2 Å². The van der Waals surface area contributed by atoms with E-state index in [2.05, 4.69) is 73.0 Å². The van der Waals surface area contributed by atoms with E-state index in [9.17, 15) is 4.79 Å². The molecule has 2 aliphatic rings. The smallest absolute Gasteiger partial charge is 0.222 e. The quantitative estimate of drug-likeness (QED) is 0.783. The Morgan fingerprint density at radius 1 is 1.19 bits per heavy atom. The molecule has 4 heteroatoms. The van der Waals surface area contributed by atoms with E-state index >= 15 is 0 Å². The van der Waals surface area contributed by atoms with Crippen molar-refractivity contribution in [2.45, 2.75) is 44.6 Å². The zero-order valence-corrected chi connectivity index (χ0v) is 16.9. The number of carbonyl (C=O) groups excluding carboxylic acids is 1. The van der Waals surface area contributed by atoms with Gasteiger partial charge in [0.15, 0.2) is 0 Å². The fraction of sp³-hybridized carbons (Fsp3) is 0.682. The first kappa shape index (κ1) is 19.4. The third kappa shape index (κ3) is 3.96. The van der Waals surface area contributed by atoms with Crippen molar-refractivity contribution in [3.05, 3.63) is 35.9 Å². The average molecular weight is 358 g/mol. The predicted octanol–water partition coefficient (Wildman–Crippen LogP) is 2.84. The predicted molar refractivity (Wildman–Crippen MR) is 107 cm³/mol. The summed E-state index contributed by atoms with van der Waals surface area (Å²) in [6.45, 7) is 9.50. The van der Waals surface area contributed by atoms with Gasteiger partial charge in [0.1, 0.15) is 0 Å². The van der Waals surface area contributed by atoms with Gasteiger partial charge in [-0.15, -0.1) is 0 Å². The van der Waals surface area contributed by atoms with E-state index in [1.807, 2.05) is 0 Å². The summed E-state index contributed by atoms with van der Waals surface area (Å²) < 4.78 is 0. The molecule has 1 aromatic carbocycles. The van der Waals surface area contributed by atoms with Crippen LogP contribution >= 0.6 is 0 Å². The molecule has 0 aliphatic carbocycles. The molecular formula is C22H35N3O. The molecular weight excluding hydrogens is 322 g/mol. The highest BCUT2D eigenvalue weighted by molar-refractivity contribution is 5.77. The maximum atomic E-state index is 12.8. The normalized spacial score (nSPS) is 27.2. The molecule has 0 N–H and O–H groups in total. The molecule has 2 heterocycles. The largest absolute Gasteiger partial charge is 0.340 e. The molecule has 0 radical (unpaired) electrons. The lowest BCUT2D eigenvalue weighted by Gasteiger charge is -2.39. The van der Waals surface area contributed by atoms with Crippen LogP contribution in [-0.4, -0.2) is 73.5 Å². The van der Waals surface area contributed by atoms with Gasteiger partial charge in [0.2, 0.25) is 5.91 Å². The van der Waals surface area contributed by atoms with Crippen LogP contribution in [0.25, 0.3) is 0 Å². The molecule has 0 bridgehead atoms. The lowest BCUT2D eigenvalue weighted by atomic mass is 9.71. The molecule has 2 atom stereocenters. The van der Waals surface area contributed by atoms with Crippen LogP contribution in [0.1, 0.15) is 38.7 Å². The van der Waals surface area contributed by atoms with Gasteiger partial charge in [-0.1, -0.05) is 44.2 Å². The minimum atomic E-state index is 0.124. The Balaban J connectivity index is 1.91. The molecule has 26 heavy (non-hydrogen) atoms. The second-order valence-corrected chi connectivity index (χ2v) is 8.82. The third-order valence-corrected chi connectivity index (χ3v) is 6.22. The van der Waals surface area contributed by atoms with Crippen molar-refractivity contribution in [2.75, 3.05) is 46.8 Å². The Labute approximate surface area is 159 Å². The Bertz CT molecular complexity index is 601. The van der Waals surface area contributed by atoms with E-state index in [4.69, 9.17) is 0 Å². The summed E-state index contributed by atoms with van der Waals surface area (Å²) in [5.41, 5.74) is 1.55. The minimum absolute atomic E-state index is 0.124. The first-order valence-corrected chi connectivity index (χ1v) is 10.1. The monoisotopic (exact) mass is 357 g/mol. The molecule has 0 spiro atoms. The SMILES string of the molecule is CC(C)CN1CC[C@]2(c3ccccc3)CCC(=O)N(CCN(C)C)C[C@@H]12. The molecule has 2 fully saturated rings. The number of hydrogen-bond acceptors (Lipinski definition) is 3. The number of hydrogen-bond donors (Lipinski definition) is 0. The zero-order valence-electron chi connectivity index (χ0n) is 16.9. The fourth-order valence-corrected chi connectivity index (χ4v) is 4.87. The van der Waals surface area contributed by atoms with E-state index in [1.165, 1.54) is 12.0 Å². The lowest BCUT2D eigenvalue weighted by molar-refractivity contribution is -0.131. The van der Waals surface area contributed by atoms with E-state index in [0.717, 1.165) is 39.1 Å². The number of likely N-dealkylation sites (tertiary alicyclic amines) is 2. The number of nitrogens with zero attached hydrogens (tertiary/aromatic N) is 3. The van der Waals surface area contributed by atoms with Gasteiger partial charge in [-0.2, -0.15) is 0 Å². The van der Waals surface area contributed by atoms with E-state index in [-0.39, 0.29) is 5.41 Å². The Kier molecular flexibility index (Phi) is 6.03. The first-order chi connectivity index (χ1) is 12.4. The number of benzene rings is 1. The maximum Gasteiger partial charge on any atom is 0.222 e. The Morgan fingerprint density at radius 2 is 1.92 bits per heavy atom. The van der Waals surface area contributed by atoms with E-state index in [1.54, 1.807) is 0 Å². The van der Waals surface area contributed by atoms with Crippen molar-refractivity contribution in [3.8, 4) is 0 Å². The van der Waals surface area contributed by atoms with Crippen molar-refractivity contribution >= 4 is 5.91 Å². The second kappa shape index (κ2) is 8.10. The standard InChI is InChI=1S/C22H35N3O/c1-18(2)16-24-13-12-22(19-8-6-5-7-9-19)11-10-21(26)25(17-20(22)24)15-14-23(3)4/h5-9,18,20H,10-17H2,1-4H3/t20-,22+/m1/s1. The highest BCUT2D eigenvalue weighted by atomic mass is 16.2. The summed E-state index contributed by atoms with van der Waals surface area (Å²) in [4.78, 5) is 19.8. The second-order valence-electron chi connectivity index (χ2n) is 8.82. The van der Waals surface area contributed by atoms with Gasteiger partial charge < -0.3 is 9.80 Å². The van der Waals surface area contributed by atoms with Crippen molar-refractivity contribution in [3.63, 3.8) is 0 Å². The van der Waals surface area contributed by atoms with Crippen molar-refractivity contribution in [1.29, 1.82) is 0 Å². The summed E-state index contributed by atoms with van der Waals surface area (Å²) in [6, 6.07) is 11.4. The summed E-state index contributed by atoms with van der Waals surface area (Å²) in [5.74, 6) is 0.983. The molecule has 144 valence electrons. The molecule has 3 rings (SSSR count). The summed E-state index contributed by atoms with van der Waals surface area (Å²) in [5, 5.41) is 0. The van der Waals surface area contributed by atoms with Gasteiger partial charge >= 0.3 is 0 Å². The summed E-state index contributed by atoms with van der Waals surface area (Å²) >= 11 is 0. The van der Waals surface area contributed by atoms with Gasteiger partial charge in [-0.25, -0.2) is 0 Å². The number of fused-ring (bicyclic) bond motifs is 1. The highest BCUT2D eigenvalue weighted by Gasteiger charge is 2.50. The number of rotatable bonds is 6. The maximum absolute atomic E-state index is 12.8. The highest BCUT2D eigenvalue weighted by Crippen LogP contribution is 2.46. The van der Waals surface area contributed by atoms with Crippen molar-refractivity contribution in [2.24, 2.45) is 5.92 Å². The zero-order chi connectivity index (χ0) is 18.7. The molecule has 0 saturated carbocycles. The van der Waals surface area contributed by atoms with Crippen LogP contribution in [0.2, 0.25) is 0 Å². The number of amides is 1. The summed E-state index contributed by atoms with van der Waals surface area (Å²) in [7, 11) is 4.16. The van der Waals surface area contributed by atoms with Gasteiger partial charge in [-0.3, -0.25) is 9.69 Å². The average Bonchev–Trinajstić information content (AvgIpc) is 2.87. The number of likely N-dealkylation sites (N-methyl/N-ethyl adjacent to an activating group) is 1.